The van der Waals surface area contributed by atoms with Crippen LogP contribution in [0.5, 0.6) is 11.5 Å². The van der Waals surface area contributed by atoms with Gasteiger partial charge in [-0.1, -0.05) is 12.1 Å². The van der Waals surface area contributed by atoms with Gasteiger partial charge in [-0.15, -0.1) is 0 Å². The molecule has 1 amide bonds. The van der Waals surface area contributed by atoms with Crippen molar-refractivity contribution in [3.63, 3.8) is 0 Å². The van der Waals surface area contributed by atoms with Gasteiger partial charge in [0.05, 0.1) is 37.7 Å². The minimum Gasteiger partial charge on any atom is -0.487 e. The number of nitrogens with zero attached hydrogens (tertiary/aromatic N) is 2. The van der Waals surface area contributed by atoms with Gasteiger partial charge in [0.25, 0.3) is 5.91 Å². The molecule has 1 aliphatic heterocycles. The summed E-state index contributed by atoms with van der Waals surface area (Å²) < 4.78 is 24.2. The molecule has 0 saturated carbocycles. The molecular formula is C20H21N3O5. The van der Waals surface area contributed by atoms with E-state index in [1.165, 1.54) is 0 Å². The number of carbonyl (C=O) groups is 1. The van der Waals surface area contributed by atoms with Crippen LogP contribution in [0.2, 0.25) is 0 Å². The Bertz CT molecular complexity index is 985. The van der Waals surface area contributed by atoms with Crippen molar-refractivity contribution < 1.29 is 23.7 Å². The van der Waals surface area contributed by atoms with Crippen LogP contribution in [0.15, 0.2) is 42.6 Å². The zero-order chi connectivity index (χ0) is 19.3. The summed E-state index contributed by atoms with van der Waals surface area (Å²) in [6.07, 6.45) is 1.84. The monoisotopic (exact) mass is 383 g/mol. The molecule has 0 atom stereocenters. The maximum absolute atomic E-state index is 11.7. The highest BCUT2D eigenvalue weighted by molar-refractivity contribution is 6.04. The molecule has 1 aromatic heterocycles. The zero-order valence-electron chi connectivity index (χ0n) is 15.3. The van der Waals surface area contributed by atoms with E-state index in [-0.39, 0.29) is 0 Å². The number of benzene rings is 2. The lowest BCUT2D eigenvalue weighted by Crippen LogP contribution is -2.16. The average Bonchev–Trinajstić information content (AvgIpc) is 3.12. The molecular weight excluding hydrogens is 362 g/mol. The van der Waals surface area contributed by atoms with E-state index in [4.69, 9.17) is 24.7 Å². The van der Waals surface area contributed by atoms with Gasteiger partial charge in [-0.3, -0.25) is 4.79 Å². The Morgan fingerprint density at radius 3 is 2.39 bits per heavy atom. The Morgan fingerprint density at radius 2 is 1.64 bits per heavy atom. The molecule has 0 fully saturated rings. The van der Waals surface area contributed by atoms with Gasteiger partial charge < -0.3 is 24.7 Å². The van der Waals surface area contributed by atoms with Crippen molar-refractivity contribution in [3.05, 3.63) is 48.2 Å². The second-order valence-electron chi connectivity index (χ2n) is 6.23. The molecule has 0 aliphatic carbocycles. The minimum absolute atomic E-state index is 0.388. The van der Waals surface area contributed by atoms with Crippen LogP contribution in [-0.4, -0.2) is 55.3 Å². The van der Waals surface area contributed by atoms with Crippen molar-refractivity contribution in [2.45, 2.75) is 0 Å². The van der Waals surface area contributed by atoms with Gasteiger partial charge in [-0.05, 0) is 18.2 Å². The van der Waals surface area contributed by atoms with Crippen molar-refractivity contribution >= 4 is 16.8 Å². The molecule has 0 unspecified atom stereocenters. The summed E-state index contributed by atoms with van der Waals surface area (Å²) in [6, 6.07) is 10.9. The first-order valence-electron chi connectivity index (χ1n) is 9.06. The third kappa shape index (κ3) is 3.92. The van der Waals surface area contributed by atoms with Crippen LogP contribution >= 0.6 is 0 Å². The molecule has 3 aromatic rings. The van der Waals surface area contributed by atoms with Crippen molar-refractivity contribution in [1.29, 1.82) is 0 Å². The standard InChI is InChI=1S/C20H21N3O5/c21-20(24)16-3-1-2-14-13-23(22-19(14)16)15-4-5-17-18(12-15)28-11-9-26-7-6-25-8-10-27-17/h1-5,12-13H,6-11H2,(H2,21,24). The van der Waals surface area contributed by atoms with Crippen LogP contribution in [0.25, 0.3) is 16.6 Å². The molecule has 0 radical (unpaired) electrons. The Balaban J connectivity index is 1.67. The van der Waals surface area contributed by atoms with Crippen LogP contribution in [0.4, 0.5) is 0 Å². The maximum atomic E-state index is 11.7. The van der Waals surface area contributed by atoms with E-state index in [2.05, 4.69) is 5.10 Å². The molecule has 2 N–H and O–H groups in total. The van der Waals surface area contributed by atoms with Crippen LogP contribution < -0.4 is 15.2 Å². The fraction of sp³-hybridized carbons (Fsp3) is 0.300. The van der Waals surface area contributed by atoms with Gasteiger partial charge in [-0.2, -0.15) is 5.10 Å². The van der Waals surface area contributed by atoms with Gasteiger partial charge in [0, 0.05) is 17.6 Å². The number of amides is 1. The highest BCUT2D eigenvalue weighted by Gasteiger charge is 2.13. The number of ether oxygens (including phenoxy) is 4. The second kappa shape index (κ2) is 8.28. The third-order valence-corrected chi connectivity index (χ3v) is 4.34. The maximum Gasteiger partial charge on any atom is 0.250 e. The van der Waals surface area contributed by atoms with Gasteiger partial charge in [0.1, 0.15) is 18.7 Å². The van der Waals surface area contributed by atoms with Crippen molar-refractivity contribution in [2.24, 2.45) is 5.73 Å². The van der Waals surface area contributed by atoms with E-state index >= 15 is 0 Å². The lowest BCUT2D eigenvalue weighted by molar-refractivity contribution is 0.0223. The summed E-state index contributed by atoms with van der Waals surface area (Å²) in [7, 11) is 0. The van der Waals surface area contributed by atoms with Crippen LogP contribution in [0.1, 0.15) is 10.4 Å². The molecule has 2 aromatic carbocycles. The predicted molar refractivity (Wildman–Crippen MR) is 102 cm³/mol. The van der Waals surface area contributed by atoms with Crippen LogP contribution in [0.3, 0.4) is 0 Å². The molecule has 4 rings (SSSR count). The van der Waals surface area contributed by atoms with E-state index in [9.17, 15) is 4.79 Å². The first kappa shape index (κ1) is 18.3. The van der Waals surface area contributed by atoms with Gasteiger partial charge in [0.2, 0.25) is 0 Å². The molecule has 8 nitrogen and oxygen atoms in total. The summed E-state index contributed by atoms with van der Waals surface area (Å²) in [6.45, 7) is 2.81. The molecule has 8 heteroatoms. The normalized spacial score (nSPS) is 15.6. The Kier molecular flexibility index (Phi) is 5.41. The Labute approximate surface area is 161 Å². The molecule has 28 heavy (non-hydrogen) atoms. The van der Waals surface area contributed by atoms with Gasteiger partial charge in [0.15, 0.2) is 11.5 Å². The van der Waals surface area contributed by atoms with Crippen molar-refractivity contribution in [1.82, 2.24) is 9.78 Å². The highest BCUT2D eigenvalue weighted by atomic mass is 16.6. The number of primary amides is 1. The summed E-state index contributed by atoms with van der Waals surface area (Å²) in [4.78, 5) is 11.7. The first-order valence-corrected chi connectivity index (χ1v) is 9.06. The topological polar surface area (TPSA) is 97.8 Å². The number of rotatable bonds is 2. The summed E-state index contributed by atoms with van der Waals surface area (Å²) >= 11 is 0. The number of carbonyl (C=O) groups excluding carboxylic acids is 1. The van der Waals surface area contributed by atoms with E-state index < -0.39 is 5.91 Å². The molecule has 0 bridgehead atoms. The Morgan fingerprint density at radius 1 is 0.929 bits per heavy atom. The lowest BCUT2D eigenvalue weighted by atomic mass is 10.1. The molecule has 2 heterocycles. The van der Waals surface area contributed by atoms with Gasteiger partial charge >= 0.3 is 0 Å². The highest BCUT2D eigenvalue weighted by Crippen LogP contribution is 2.30. The zero-order valence-corrected chi connectivity index (χ0v) is 15.3. The first-order chi connectivity index (χ1) is 13.7. The van der Waals surface area contributed by atoms with Crippen molar-refractivity contribution in [3.8, 4) is 17.2 Å². The smallest absolute Gasteiger partial charge is 0.250 e. The van der Waals surface area contributed by atoms with E-state index in [0.717, 1.165) is 11.1 Å². The minimum atomic E-state index is -0.507. The molecule has 0 spiro atoms. The number of nitrogens with two attached hydrogens (primary N) is 1. The largest absolute Gasteiger partial charge is 0.487 e. The fourth-order valence-electron chi connectivity index (χ4n) is 2.99. The average molecular weight is 383 g/mol. The van der Waals surface area contributed by atoms with Crippen LogP contribution in [0, 0.1) is 0 Å². The third-order valence-electron chi connectivity index (χ3n) is 4.34. The lowest BCUT2D eigenvalue weighted by Gasteiger charge is -2.16. The number of aromatic nitrogens is 2. The summed E-state index contributed by atoms with van der Waals surface area (Å²) in [5, 5.41) is 5.36. The molecule has 146 valence electrons. The Hall–Kier alpha value is -3.10. The predicted octanol–water partition coefficient (Wildman–Crippen LogP) is 1.93. The molecule has 1 aliphatic rings. The van der Waals surface area contributed by atoms with E-state index in [0.29, 0.717) is 62.2 Å². The SMILES string of the molecule is NC(=O)c1cccc2cn(-c3ccc4c(c3)OCCOCCOCCO4)nc12. The summed E-state index contributed by atoms with van der Waals surface area (Å²) in [5.41, 5.74) is 7.18. The van der Waals surface area contributed by atoms with Crippen molar-refractivity contribution in [2.75, 3.05) is 39.6 Å². The summed E-state index contributed by atoms with van der Waals surface area (Å²) in [5.74, 6) is 0.714. The fourth-order valence-corrected chi connectivity index (χ4v) is 2.99. The quantitative estimate of drug-likeness (QED) is 0.726. The van der Waals surface area contributed by atoms with E-state index in [1.807, 2.05) is 30.5 Å². The molecule has 0 saturated heterocycles. The van der Waals surface area contributed by atoms with Gasteiger partial charge in [-0.25, -0.2) is 4.68 Å². The van der Waals surface area contributed by atoms with Crippen LogP contribution in [-0.2, 0) is 9.47 Å². The van der Waals surface area contributed by atoms with E-state index in [1.54, 1.807) is 16.8 Å². The number of hydrogen-bond donors (Lipinski definition) is 1. The number of fused-ring (bicyclic) bond motifs is 2. The number of hydrogen-bond acceptors (Lipinski definition) is 6. The second-order valence-corrected chi connectivity index (χ2v) is 6.23.